The lowest BCUT2D eigenvalue weighted by Gasteiger charge is -2.12. The molecule has 1 aromatic carbocycles. The van der Waals surface area contributed by atoms with Gasteiger partial charge in [-0.2, -0.15) is 0 Å². The Balaban J connectivity index is 2.21. The second-order valence-electron chi connectivity index (χ2n) is 4.98. The van der Waals surface area contributed by atoms with Gasteiger partial charge in [-0.15, -0.1) is 0 Å². The number of nitro groups is 2. The molecule has 1 aromatic rings. The first-order valence-electron chi connectivity index (χ1n) is 6.98. The molecule has 8 heteroatoms. The van der Waals surface area contributed by atoms with Crippen molar-refractivity contribution in [1.29, 1.82) is 0 Å². The third-order valence-corrected chi connectivity index (χ3v) is 3.48. The Bertz CT molecular complexity index is 779. The van der Waals surface area contributed by atoms with Crippen LogP contribution in [0.4, 0.5) is 11.4 Å². The first-order valence-corrected chi connectivity index (χ1v) is 6.98. The zero-order valence-electron chi connectivity index (χ0n) is 12.7. The fraction of sp³-hybridized carbons (Fsp3) is 0.188. The number of rotatable bonds is 6. The number of hydrogen-bond acceptors (Lipinski definition) is 6. The quantitative estimate of drug-likeness (QED) is 0.450. The summed E-state index contributed by atoms with van der Waals surface area (Å²) in [7, 11) is 1.57. The third-order valence-electron chi connectivity index (χ3n) is 3.48. The molecule has 0 fully saturated rings. The summed E-state index contributed by atoms with van der Waals surface area (Å²) in [5.41, 5.74) is -0.229. The van der Waals surface area contributed by atoms with E-state index in [9.17, 15) is 25.0 Å². The largest absolute Gasteiger partial charge is 0.377 e. The Morgan fingerprint density at radius 2 is 2.04 bits per heavy atom. The van der Waals surface area contributed by atoms with Crippen molar-refractivity contribution in [2.75, 3.05) is 7.11 Å². The smallest absolute Gasteiger partial charge is 0.283 e. The normalized spacial score (nSPS) is 16.9. The van der Waals surface area contributed by atoms with Crippen LogP contribution in [0.2, 0.25) is 0 Å². The summed E-state index contributed by atoms with van der Waals surface area (Å²) in [6.07, 6.45) is 8.11. The topological polar surface area (TPSA) is 113 Å². The number of ether oxygens (including phenoxy) is 1. The number of nitro benzene ring substituents is 2. The van der Waals surface area contributed by atoms with Crippen molar-refractivity contribution in [3.05, 3.63) is 73.9 Å². The minimum absolute atomic E-state index is 0.0683. The van der Waals surface area contributed by atoms with Crippen molar-refractivity contribution in [2.24, 2.45) is 0 Å². The van der Waals surface area contributed by atoms with Gasteiger partial charge in [0.1, 0.15) is 0 Å². The van der Waals surface area contributed by atoms with Gasteiger partial charge < -0.3 is 4.74 Å². The van der Waals surface area contributed by atoms with Crippen LogP contribution < -0.4 is 0 Å². The molecule has 0 aromatic heterocycles. The lowest BCUT2D eigenvalue weighted by Crippen LogP contribution is -2.10. The number of non-ortho nitro benzene ring substituents is 1. The van der Waals surface area contributed by atoms with Crippen LogP contribution in [0.25, 0.3) is 6.08 Å². The van der Waals surface area contributed by atoms with Crippen LogP contribution in [-0.2, 0) is 9.53 Å². The van der Waals surface area contributed by atoms with E-state index < -0.39 is 15.5 Å². The van der Waals surface area contributed by atoms with E-state index in [1.165, 1.54) is 18.2 Å². The van der Waals surface area contributed by atoms with E-state index in [-0.39, 0.29) is 23.1 Å². The highest BCUT2D eigenvalue weighted by Gasteiger charge is 2.18. The maximum atomic E-state index is 12.1. The summed E-state index contributed by atoms with van der Waals surface area (Å²) < 4.78 is 5.13. The summed E-state index contributed by atoms with van der Waals surface area (Å²) in [6, 6.07) is 3.26. The molecule has 0 heterocycles. The van der Waals surface area contributed by atoms with E-state index in [2.05, 4.69) is 0 Å². The van der Waals surface area contributed by atoms with Gasteiger partial charge in [-0.1, -0.05) is 18.2 Å². The second kappa shape index (κ2) is 7.42. The zero-order valence-corrected chi connectivity index (χ0v) is 12.7. The molecule has 0 N–H and O–H groups in total. The molecule has 1 unspecified atom stereocenters. The molecule has 0 bridgehead atoms. The van der Waals surface area contributed by atoms with Crippen molar-refractivity contribution < 1.29 is 19.4 Å². The molecular formula is C16H14N2O6. The molecule has 124 valence electrons. The van der Waals surface area contributed by atoms with Gasteiger partial charge in [0.15, 0.2) is 5.78 Å². The lowest BCUT2D eigenvalue weighted by molar-refractivity contribution is -0.394. The molecule has 0 spiro atoms. The summed E-state index contributed by atoms with van der Waals surface area (Å²) in [5.74, 6) is -0.312. The summed E-state index contributed by atoms with van der Waals surface area (Å²) in [4.78, 5) is 32.4. The number of carbonyl (C=O) groups excluding carboxylic acids is 1. The maximum Gasteiger partial charge on any atom is 0.283 e. The molecule has 1 aliphatic rings. The Morgan fingerprint density at radius 3 is 2.58 bits per heavy atom. The zero-order chi connectivity index (χ0) is 17.7. The number of carbonyl (C=O) groups is 1. The number of allylic oxidation sites excluding steroid dienone is 3. The van der Waals surface area contributed by atoms with Crippen molar-refractivity contribution in [1.82, 2.24) is 0 Å². The standard InChI is InChI=1S/C16H14N2O6/c1-24-14-7-3-12(4-8-14)16(19)9-5-11-2-6-13(17(20)21)10-15(11)18(22)23/h2-7,9-10,14H,8H2,1H3/b9-5+. The molecule has 24 heavy (non-hydrogen) atoms. The second-order valence-corrected chi connectivity index (χ2v) is 4.98. The van der Waals surface area contributed by atoms with Crippen molar-refractivity contribution in [3.8, 4) is 0 Å². The molecule has 0 aliphatic heterocycles. The first-order chi connectivity index (χ1) is 11.4. The predicted octanol–water partition coefficient (Wildman–Crippen LogP) is 2.99. The molecule has 0 radical (unpaired) electrons. The highest BCUT2D eigenvalue weighted by atomic mass is 16.6. The number of nitrogens with zero attached hydrogens (tertiary/aromatic N) is 2. The number of methoxy groups -OCH3 is 1. The van der Waals surface area contributed by atoms with E-state index in [1.54, 1.807) is 25.3 Å². The highest BCUT2D eigenvalue weighted by molar-refractivity contribution is 6.08. The van der Waals surface area contributed by atoms with Crippen LogP contribution in [0.3, 0.4) is 0 Å². The summed E-state index contributed by atoms with van der Waals surface area (Å²) >= 11 is 0. The van der Waals surface area contributed by atoms with Gasteiger partial charge in [0.05, 0.1) is 27.6 Å². The monoisotopic (exact) mass is 330 g/mol. The third kappa shape index (κ3) is 3.99. The van der Waals surface area contributed by atoms with Crippen LogP contribution in [0.5, 0.6) is 0 Å². The fourth-order valence-corrected chi connectivity index (χ4v) is 2.16. The molecule has 0 saturated carbocycles. The minimum Gasteiger partial charge on any atom is -0.377 e. The fourth-order valence-electron chi connectivity index (χ4n) is 2.16. The maximum absolute atomic E-state index is 12.1. The molecular weight excluding hydrogens is 316 g/mol. The van der Waals surface area contributed by atoms with Crippen LogP contribution in [0, 0.1) is 20.2 Å². The average molecular weight is 330 g/mol. The molecule has 2 rings (SSSR count). The number of hydrogen-bond donors (Lipinski definition) is 0. The van der Waals surface area contributed by atoms with E-state index in [4.69, 9.17) is 4.74 Å². The van der Waals surface area contributed by atoms with Crippen LogP contribution >= 0.6 is 0 Å². The number of benzene rings is 1. The van der Waals surface area contributed by atoms with Gasteiger partial charge in [-0.25, -0.2) is 0 Å². The van der Waals surface area contributed by atoms with Gasteiger partial charge in [-0.3, -0.25) is 25.0 Å². The predicted molar refractivity (Wildman–Crippen MR) is 86.4 cm³/mol. The molecule has 8 nitrogen and oxygen atoms in total. The Kier molecular flexibility index (Phi) is 5.33. The van der Waals surface area contributed by atoms with Crippen molar-refractivity contribution in [2.45, 2.75) is 12.5 Å². The SMILES string of the molecule is COC1C=CC(C(=O)/C=C/c2ccc([N+](=O)[O-])cc2[N+](=O)[O-])=CC1. The lowest BCUT2D eigenvalue weighted by atomic mass is 10.0. The van der Waals surface area contributed by atoms with Crippen LogP contribution in [0.15, 0.2) is 48.1 Å². The Hall–Kier alpha value is -3.13. The Morgan fingerprint density at radius 1 is 1.29 bits per heavy atom. The van der Waals surface area contributed by atoms with E-state index in [1.807, 2.05) is 0 Å². The van der Waals surface area contributed by atoms with Crippen molar-refractivity contribution >= 4 is 23.2 Å². The van der Waals surface area contributed by atoms with Gasteiger partial charge in [0.25, 0.3) is 11.4 Å². The molecule has 0 saturated heterocycles. The highest BCUT2D eigenvalue weighted by Crippen LogP contribution is 2.26. The van der Waals surface area contributed by atoms with E-state index in [0.29, 0.717) is 12.0 Å². The van der Waals surface area contributed by atoms with Gasteiger partial charge in [-0.05, 0) is 24.6 Å². The van der Waals surface area contributed by atoms with Gasteiger partial charge >= 0.3 is 0 Å². The first kappa shape index (κ1) is 17.2. The molecule has 0 amide bonds. The Labute approximate surface area is 137 Å². The molecule has 1 atom stereocenters. The van der Waals surface area contributed by atoms with Crippen LogP contribution in [0.1, 0.15) is 12.0 Å². The van der Waals surface area contributed by atoms with E-state index in [0.717, 1.165) is 12.1 Å². The van der Waals surface area contributed by atoms with Gasteiger partial charge in [0.2, 0.25) is 0 Å². The minimum atomic E-state index is -0.722. The molecule has 1 aliphatic carbocycles. The van der Waals surface area contributed by atoms with Gasteiger partial charge in [0, 0.05) is 18.7 Å². The number of ketones is 1. The van der Waals surface area contributed by atoms with E-state index >= 15 is 0 Å². The average Bonchev–Trinajstić information content (AvgIpc) is 2.59. The summed E-state index contributed by atoms with van der Waals surface area (Å²) in [6.45, 7) is 0. The van der Waals surface area contributed by atoms with Crippen LogP contribution in [-0.4, -0.2) is 28.8 Å². The summed E-state index contributed by atoms with van der Waals surface area (Å²) in [5, 5.41) is 21.7. The van der Waals surface area contributed by atoms with Crippen molar-refractivity contribution in [3.63, 3.8) is 0 Å².